The number of nitrogens with two attached hydrogens (primary N) is 1. The Labute approximate surface area is 98.8 Å². The highest BCUT2D eigenvalue weighted by atomic mass is 35.5. The summed E-state index contributed by atoms with van der Waals surface area (Å²) in [5, 5.41) is 0. The van der Waals surface area contributed by atoms with Crippen molar-refractivity contribution in [2.45, 2.75) is 58.0 Å². The Balaban J connectivity index is 0.00000196. The van der Waals surface area contributed by atoms with Crippen molar-refractivity contribution in [1.82, 2.24) is 4.90 Å². The van der Waals surface area contributed by atoms with Gasteiger partial charge in [0.05, 0.1) is 5.54 Å². The molecule has 0 saturated carbocycles. The molecule has 0 aromatic heterocycles. The molecule has 1 aliphatic heterocycles. The van der Waals surface area contributed by atoms with Gasteiger partial charge in [-0.2, -0.15) is 0 Å². The molecule has 1 unspecified atom stereocenters. The third-order valence-corrected chi connectivity index (χ3v) is 2.91. The highest BCUT2D eigenvalue weighted by Gasteiger charge is 2.32. The number of nitrogens with zero attached hydrogens (tertiary/aromatic N) is 1. The Kier molecular flexibility index (Phi) is 5.60. The third-order valence-electron chi connectivity index (χ3n) is 2.91. The summed E-state index contributed by atoms with van der Waals surface area (Å²) in [6.45, 7) is 6.60. The largest absolute Gasteiger partial charge is 0.338 e. The Morgan fingerprint density at radius 3 is 2.53 bits per heavy atom. The second-order valence-electron chi connectivity index (χ2n) is 4.78. The van der Waals surface area contributed by atoms with Crippen LogP contribution < -0.4 is 5.73 Å². The predicted molar refractivity (Wildman–Crippen MR) is 65.2 cm³/mol. The van der Waals surface area contributed by atoms with E-state index >= 15 is 0 Å². The average molecular weight is 235 g/mol. The number of carbonyl (C=O) groups is 1. The van der Waals surface area contributed by atoms with Crippen LogP contribution in [-0.4, -0.2) is 28.9 Å². The number of amides is 1. The second kappa shape index (κ2) is 5.71. The fraction of sp³-hybridized carbons (Fsp3) is 0.909. The molecule has 3 nitrogen and oxygen atoms in total. The monoisotopic (exact) mass is 234 g/mol. The first-order valence-corrected chi connectivity index (χ1v) is 5.56. The van der Waals surface area contributed by atoms with Gasteiger partial charge in [-0.15, -0.1) is 12.4 Å². The zero-order valence-corrected chi connectivity index (χ0v) is 10.8. The Morgan fingerprint density at radius 1 is 1.47 bits per heavy atom. The molecule has 1 heterocycles. The lowest BCUT2D eigenvalue weighted by atomic mass is 9.96. The second-order valence-corrected chi connectivity index (χ2v) is 4.78. The van der Waals surface area contributed by atoms with E-state index in [1.54, 1.807) is 13.8 Å². The molecule has 90 valence electrons. The lowest BCUT2D eigenvalue weighted by Gasteiger charge is -2.38. The molecule has 1 saturated heterocycles. The molecule has 0 aromatic rings. The Bertz CT molecular complexity index is 213. The third kappa shape index (κ3) is 3.65. The molecule has 0 bridgehead atoms. The quantitative estimate of drug-likeness (QED) is 0.794. The zero-order chi connectivity index (χ0) is 10.8. The topological polar surface area (TPSA) is 46.3 Å². The summed E-state index contributed by atoms with van der Waals surface area (Å²) < 4.78 is 0. The summed E-state index contributed by atoms with van der Waals surface area (Å²) in [6.07, 6.45) is 4.55. The van der Waals surface area contributed by atoms with Crippen LogP contribution in [0.4, 0.5) is 0 Å². The van der Waals surface area contributed by atoms with E-state index in [1.807, 2.05) is 4.90 Å². The zero-order valence-electron chi connectivity index (χ0n) is 9.95. The molecular weight excluding hydrogens is 212 g/mol. The molecule has 4 heteroatoms. The maximum absolute atomic E-state index is 12.0. The minimum Gasteiger partial charge on any atom is -0.338 e. The van der Waals surface area contributed by atoms with Crippen LogP contribution in [0.25, 0.3) is 0 Å². The molecule has 0 aliphatic carbocycles. The Morgan fingerprint density at radius 2 is 2.07 bits per heavy atom. The number of halogens is 1. The van der Waals surface area contributed by atoms with E-state index in [-0.39, 0.29) is 18.3 Å². The van der Waals surface area contributed by atoms with Gasteiger partial charge in [0, 0.05) is 12.6 Å². The van der Waals surface area contributed by atoms with E-state index < -0.39 is 5.54 Å². The van der Waals surface area contributed by atoms with E-state index in [2.05, 4.69) is 6.92 Å². The SMILES string of the molecule is CCC1CCCCN1C(=O)C(C)(C)N.Cl. The summed E-state index contributed by atoms with van der Waals surface area (Å²) in [5.41, 5.74) is 5.12. The van der Waals surface area contributed by atoms with Crippen LogP contribution in [0.5, 0.6) is 0 Å². The minimum absolute atomic E-state index is 0. The van der Waals surface area contributed by atoms with E-state index in [4.69, 9.17) is 5.73 Å². The van der Waals surface area contributed by atoms with Crippen LogP contribution in [0.2, 0.25) is 0 Å². The molecular formula is C11H23ClN2O. The lowest BCUT2D eigenvalue weighted by molar-refractivity contribution is -0.139. The number of hydrogen-bond donors (Lipinski definition) is 1. The fourth-order valence-corrected chi connectivity index (χ4v) is 2.06. The molecule has 1 aliphatic rings. The Hall–Kier alpha value is -0.280. The van der Waals surface area contributed by atoms with Crippen molar-refractivity contribution in [1.29, 1.82) is 0 Å². The summed E-state index contributed by atoms with van der Waals surface area (Å²) in [6, 6.07) is 0.416. The fourth-order valence-electron chi connectivity index (χ4n) is 2.06. The number of carbonyl (C=O) groups excluding carboxylic acids is 1. The normalized spacial score (nSPS) is 22.1. The van der Waals surface area contributed by atoms with Gasteiger partial charge in [0.15, 0.2) is 0 Å². The number of piperidine rings is 1. The van der Waals surface area contributed by atoms with Crippen molar-refractivity contribution in [3.05, 3.63) is 0 Å². The van der Waals surface area contributed by atoms with Gasteiger partial charge in [0.25, 0.3) is 0 Å². The molecule has 0 aromatic carbocycles. The maximum atomic E-state index is 12.0. The van der Waals surface area contributed by atoms with Crippen LogP contribution in [0.15, 0.2) is 0 Å². The van der Waals surface area contributed by atoms with Crippen LogP contribution in [0.1, 0.15) is 46.5 Å². The van der Waals surface area contributed by atoms with Gasteiger partial charge < -0.3 is 10.6 Å². The molecule has 1 atom stereocenters. The van der Waals surface area contributed by atoms with Crippen molar-refractivity contribution >= 4 is 18.3 Å². The molecule has 1 fully saturated rings. The first kappa shape index (κ1) is 14.7. The number of hydrogen-bond acceptors (Lipinski definition) is 2. The van der Waals surface area contributed by atoms with Gasteiger partial charge in [-0.05, 0) is 39.5 Å². The van der Waals surface area contributed by atoms with E-state index in [1.165, 1.54) is 6.42 Å². The number of likely N-dealkylation sites (tertiary alicyclic amines) is 1. The van der Waals surface area contributed by atoms with Crippen LogP contribution in [0.3, 0.4) is 0 Å². The summed E-state index contributed by atoms with van der Waals surface area (Å²) >= 11 is 0. The summed E-state index contributed by atoms with van der Waals surface area (Å²) in [7, 11) is 0. The van der Waals surface area contributed by atoms with Crippen LogP contribution in [0, 0.1) is 0 Å². The molecule has 0 spiro atoms. The van der Waals surface area contributed by atoms with E-state index in [9.17, 15) is 4.79 Å². The van der Waals surface area contributed by atoms with Crippen LogP contribution in [-0.2, 0) is 4.79 Å². The maximum Gasteiger partial charge on any atom is 0.242 e. The van der Waals surface area contributed by atoms with Gasteiger partial charge in [-0.25, -0.2) is 0 Å². The first-order chi connectivity index (χ1) is 6.46. The highest BCUT2D eigenvalue weighted by molar-refractivity contribution is 5.85. The van der Waals surface area contributed by atoms with Crippen LogP contribution >= 0.6 is 12.4 Å². The molecule has 2 N–H and O–H groups in total. The average Bonchev–Trinajstić information content (AvgIpc) is 2.15. The van der Waals surface area contributed by atoms with Crippen molar-refractivity contribution in [2.24, 2.45) is 5.73 Å². The molecule has 0 radical (unpaired) electrons. The number of rotatable bonds is 2. The first-order valence-electron chi connectivity index (χ1n) is 5.56. The summed E-state index contributed by atoms with van der Waals surface area (Å²) in [4.78, 5) is 14.0. The standard InChI is InChI=1S/C11H22N2O.ClH/c1-4-9-7-5-6-8-13(9)10(14)11(2,3)12;/h9H,4-8,12H2,1-3H3;1H. The summed E-state index contributed by atoms with van der Waals surface area (Å²) in [5.74, 6) is 0.101. The van der Waals surface area contributed by atoms with Gasteiger partial charge >= 0.3 is 0 Å². The molecule has 1 amide bonds. The van der Waals surface area contributed by atoms with Gasteiger partial charge in [-0.3, -0.25) is 4.79 Å². The molecule has 1 rings (SSSR count). The highest BCUT2D eigenvalue weighted by Crippen LogP contribution is 2.21. The van der Waals surface area contributed by atoms with Crippen molar-refractivity contribution in [3.63, 3.8) is 0 Å². The van der Waals surface area contributed by atoms with Crippen molar-refractivity contribution in [3.8, 4) is 0 Å². The minimum atomic E-state index is -0.718. The smallest absolute Gasteiger partial charge is 0.242 e. The van der Waals surface area contributed by atoms with Gasteiger partial charge in [0.1, 0.15) is 0 Å². The van der Waals surface area contributed by atoms with Gasteiger partial charge in [-0.1, -0.05) is 6.92 Å². The molecule has 15 heavy (non-hydrogen) atoms. The lowest BCUT2D eigenvalue weighted by Crippen LogP contribution is -2.55. The van der Waals surface area contributed by atoms with Crippen molar-refractivity contribution in [2.75, 3.05) is 6.54 Å². The predicted octanol–water partition coefficient (Wildman–Crippen LogP) is 1.94. The van der Waals surface area contributed by atoms with Crippen molar-refractivity contribution < 1.29 is 4.79 Å². The van der Waals surface area contributed by atoms with E-state index in [0.29, 0.717) is 6.04 Å². The van der Waals surface area contributed by atoms with Gasteiger partial charge in [0.2, 0.25) is 5.91 Å². The van der Waals surface area contributed by atoms with E-state index in [0.717, 1.165) is 25.8 Å².